The molecule has 0 fully saturated rings. The fraction of sp³-hybridized carbons (Fsp3) is 0.143. The number of rotatable bonds is 2. The minimum Gasteiger partial charge on any atom is -0.251 e. The molecular weight excluding hydrogens is 196 g/mol. The normalized spacial score (nSPS) is 11.2. The second-order valence-corrected chi connectivity index (χ2v) is 5.63. The third-order valence-corrected chi connectivity index (χ3v) is 3.25. The van der Waals surface area contributed by atoms with Gasteiger partial charge in [0.05, 0.1) is 0 Å². The topological polar surface area (TPSA) is 57.5 Å². The van der Waals surface area contributed by atoms with E-state index in [-0.39, 0.29) is 0 Å². The van der Waals surface area contributed by atoms with Crippen LogP contribution in [-0.4, -0.2) is 13.3 Å². The Hall–Kier alpha value is -0.490. The first-order valence-corrected chi connectivity index (χ1v) is 6.23. The van der Waals surface area contributed by atoms with Crippen LogP contribution in [0.2, 0.25) is 0 Å². The lowest BCUT2D eigenvalue weighted by atomic mass is 10.2. The molecule has 0 radical (unpaired) electrons. The van der Waals surface area contributed by atoms with Crippen LogP contribution in [0.25, 0.3) is 0 Å². The molecule has 66 valence electrons. The van der Waals surface area contributed by atoms with Crippen molar-refractivity contribution in [1.82, 2.24) is 0 Å². The average molecular weight is 205 g/mol. The summed E-state index contributed by atoms with van der Waals surface area (Å²) >= 11 is 0. The minimum absolute atomic E-state index is 0.340. The number of hydrogen-bond donors (Lipinski definition) is 2. The molecule has 0 bridgehead atoms. The van der Waals surface area contributed by atoms with Crippen molar-refractivity contribution in [2.24, 2.45) is 0 Å². The first-order chi connectivity index (χ1) is 5.58. The second kappa shape index (κ2) is 3.95. The van der Waals surface area contributed by atoms with Crippen LogP contribution in [-0.2, 0) is 25.1 Å². The van der Waals surface area contributed by atoms with Gasteiger partial charge in [0, 0.05) is 5.56 Å². The lowest BCUT2D eigenvalue weighted by Gasteiger charge is -1.85. The van der Waals surface area contributed by atoms with Crippen molar-refractivity contribution >= 4 is 19.4 Å². The quantitative estimate of drug-likeness (QED) is 0.718. The Bertz CT molecular complexity index is 344. The standard InChI is InChI=1S/C7H8O3S2/c8-12(9,10)11-6-7-4-2-1-3-5-7/h1-5H,6H2,(H-,8,9,10)/p+1. The molecule has 0 aliphatic carbocycles. The highest BCUT2D eigenvalue weighted by atomic mass is 32.9. The van der Waals surface area contributed by atoms with Crippen LogP contribution in [0.5, 0.6) is 0 Å². The van der Waals surface area contributed by atoms with Gasteiger partial charge in [-0.2, -0.15) is 4.21 Å². The van der Waals surface area contributed by atoms with Crippen LogP contribution in [0.3, 0.4) is 0 Å². The third-order valence-electron chi connectivity index (χ3n) is 1.22. The largest absolute Gasteiger partial charge is 0.430 e. The van der Waals surface area contributed by atoms with Crippen molar-refractivity contribution in [3.63, 3.8) is 0 Å². The average Bonchev–Trinajstić information content (AvgIpc) is 2.02. The zero-order valence-electron chi connectivity index (χ0n) is 6.21. The molecule has 1 aromatic rings. The molecule has 2 N–H and O–H groups in total. The summed E-state index contributed by atoms with van der Waals surface area (Å²) in [6.07, 6.45) is 0. The maximum atomic E-state index is 10.4. The molecule has 5 heteroatoms. The molecule has 0 spiro atoms. The van der Waals surface area contributed by atoms with Gasteiger partial charge in [-0.25, -0.2) is 0 Å². The minimum atomic E-state index is -3.66. The molecule has 0 atom stereocenters. The first kappa shape index (κ1) is 9.60. The van der Waals surface area contributed by atoms with Crippen molar-refractivity contribution in [2.75, 3.05) is 0 Å². The van der Waals surface area contributed by atoms with Crippen LogP contribution in [0, 0.1) is 0 Å². The summed E-state index contributed by atoms with van der Waals surface area (Å²) in [5.74, 6) is 0.340. The van der Waals surface area contributed by atoms with Gasteiger partial charge in [0.1, 0.15) is 0 Å². The van der Waals surface area contributed by atoms with Crippen LogP contribution >= 0.6 is 0 Å². The molecule has 0 aliphatic rings. The number of hydrogen-bond acceptors (Lipinski definition) is 1. The van der Waals surface area contributed by atoms with Crippen molar-refractivity contribution in [3.8, 4) is 0 Å². The van der Waals surface area contributed by atoms with E-state index in [1.165, 1.54) is 0 Å². The lowest BCUT2D eigenvalue weighted by Crippen LogP contribution is -1.96. The first-order valence-electron chi connectivity index (χ1n) is 3.25. The van der Waals surface area contributed by atoms with Gasteiger partial charge in [-0.15, -0.1) is 0 Å². The van der Waals surface area contributed by atoms with E-state index in [1.807, 2.05) is 30.3 Å². The van der Waals surface area contributed by atoms with E-state index >= 15 is 0 Å². The summed E-state index contributed by atoms with van der Waals surface area (Å²) in [6, 6.07) is 9.21. The molecule has 0 saturated heterocycles. The van der Waals surface area contributed by atoms with Crippen molar-refractivity contribution in [2.45, 2.75) is 5.75 Å². The predicted octanol–water partition coefficient (Wildman–Crippen LogP) is 1.41. The molecule has 0 aliphatic heterocycles. The van der Waals surface area contributed by atoms with Crippen molar-refractivity contribution in [1.29, 1.82) is 0 Å². The maximum Gasteiger partial charge on any atom is 0.430 e. The van der Waals surface area contributed by atoms with Gasteiger partial charge < -0.3 is 0 Å². The monoisotopic (exact) mass is 205 g/mol. The molecule has 0 aromatic heterocycles. The van der Waals surface area contributed by atoms with Gasteiger partial charge in [-0.1, -0.05) is 30.3 Å². The van der Waals surface area contributed by atoms with Gasteiger partial charge in [0.25, 0.3) is 10.3 Å². The number of benzene rings is 1. The van der Waals surface area contributed by atoms with E-state index in [2.05, 4.69) is 0 Å². The molecule has 12 heavy (non-hydrogen) atoms. The molecule has 0 heterocycles. The van der Waals surface area contributed by atoms with Crippen LogP contribution in [0.15, 0.2) is 30.3 Å². The molecule has 0 saturated carbocycles. The highest BCUT2D eigenvalue weighted by molar-refractivity contribution is 8.33. The van der Waals surface area contributed by atoms with Gasteiger partial charge in [0.2, 0.25) is 5.75 Å². The summed E-state index contributed by atoms with van der Waals surface area (Å²) in [5.41, 5.74) is 0.915. The van der Waals surface area contributed by atoms with E-state index < -0.39 is 9.05 Å². The van der Waals surface area contributed by atoms with E-state index in [0.717, 1.165) is 5.56 Å². The van der Waals surface area contributed by atoms with Crippen molar-refractivity contribution < 1.29 is 13.3 Å². The van der Waals surface area contributed by atoms with Gasteiger partial charge in [-0.05, 0) is 0 Å². The Balaban J connectivity index is 2.74. The van der Waals surface area contributed by atoms with Crippen LogP contribution < -0.4 is 0 Å². The van der Waals surface area contributed by atoms with E-state index in [9.17, 15) is 4.21 Å². The molecule has 3 nitrogen and oxygen atoms in total. The summed E-state index contributed by atoms with van der Waals surface area (Å²) in [7, 11) is -3.03. The second-order valence-electron chi connectivity index (χ2n) is 2.20. The zero-order valence-corrected chi connectivity index (χ0v) is 7.85. The fourth-order valence-electron chi connectivity index (χ4n) is 0.719. The Morgan fingerprint density at radius 2 is 1.83 bits per heavy atom. The summed E-state index contributed by atoms with van der Waals surface area (Å²) in [4.78, 5) is 0. The van der Waals surface area contributed by atoms with Crippen LogP contribution in [0.4, 0.5) is 0 Å². The molecular formula is C7H9O3S2+. The van der Waals surface area contributed by atoms with Crippen molar-refractivity contribution in [3.05, 3.63) is 35.9 Å². The van der Waals surface area contributed by atoms with E-state index in [4.69, 9.17) is 9.11 Å². The smallest absolute Gasteiger partial charge is 0.251 e. The predicted molar refractivity (Wildman–Crippen MR) is 50.9 cm³/mol. The summed E-state index contributed by atoms with van der Waals surface area (Å²) < 4.78 is 27.5. The van der Waals surface area contributed by atoms with Gasteiger partial charge >= 0.3 is 9.05 Å². The SMILES string of the molecule is O=S(O)(O)=[S+]Cc1ccccc1. The third kappa shape index (κ3) is 3.77. The highest BCUT2D eigenvalue weighted by Crippen LogP contribution is 1.99. The van der Waals surface area contributed by atoms with E-state index in [0.29, 0.717) is 16.1 Å². The van der Waals surface area contributed by atoms with Gasteiger partial charge in [-0.3, -0.25) is 9.11 Å². The molecule has 1 rings (SSSR count). The fourth-order valence-corrected chi connectivity index (χ4v) is 2.07. The Morgan fingerprint density at radius 1 is 1.25 bits per heavy atom. The molecule has 1 aromatic carbocycles. The Labute approximate surface area is 74.7 Å². The highest BCUT2D eigenvalue weighted by Gasteiger charge is 2.09. The zero-order chi connectivity index (χ0) is 9.03. The van der Waals surface area contributed by atoms with Gasteiger partial charge in [0.15, 0.2) is 0 Å². The lowest BCUT2D eigenvalue weighted by molar-refractivity contribution is 0.450. The summed E-state index contributed by atoms with van der Waals surface area (Å²) in [6.45, 7) is 0. The summed E-state index contributed by atoms with van der Waals surface area (Å²) in [5, 5.41) is 0. The van der Waals surface area contributed by atoms with E-state index in [1.54, 1.807) is 0 Å². The molecule has 0 unspecified atom stereocenters. The molecule has 0 amide bonds. The Kier molecular flexibility index (Phi) is 3.16. The van der Waals surface area contributed by atoms with Crippen LogP contribution in [0.1, 0.15) is 5.56 Å². The Morgan fingerprint density at radius 3 is 2.33 bits per heavy atom. The maximum absolute atomic E-state index is 10.4.